The Bertz CT molecular complexity index is 72.8. The molecule has 0 spiro atoms. The maximum absolute atomic E-state index is 3.86. The van der Waals surface area contributed by atoms with Gasteiger partial charge in [-0.15, -0.1) is 0 Å². The number of rotatable bonds is 1. The van der Waals surface area contributed by atoms with Crippen molar-refractivity contribution in [3.8, 4) is 0 Å². The van der Waals surface area contributed by atoms with Crippen molar-refractivity contribution >= 4 is 12.6 Å². The Kier molecular flexibility index (Phi) is 38.1. The lowest BCUT2D eigenvalue weighted by Gasteiger charge is -1.77. The molecular formula is C9H20S. The third-order valence-electron chi connectivity index (χ3n) is 0.526. The van der Waals surface area contributed by atoms with Crippen LogP contribution in [-0.2, 0) is 0 Å². The number of hydrogen-bond donors (Lipinski definition) is 1. The van der Waals surface area contributed by atoms with E-state index >= 15 is 0 Å². The summed E-state index contributed by atoms with van der Waals surface area (Å²) in [6, 6.07) is 0. The summed E-state index contributed by atoms with van der Waals surface area (Å²) >= 11 is 3.86. The zero-order chi connectivity index (χ0) is 8.99. The zero-order valence-electron chi connectivity index (χ0n) is 7.81. The molecule has 0 fully saturated rings. The summed E-state index contributed by atoms with van der Waals surface area (Å²) in [6.45, 7) is 13.5. The standard InChI is InChI=1S/C5H8S.2C2H6/c1-3-5(2)4-6;2*1-2/h3-4,6H,1H2,2H3;2*1-2H3/b5-4-;;. The molecule has 0 aliphatic heterocycles. The second kappa shape index (κ2) is 23.2. The van der Waals surface area contributed by atoms with Gasteiger partial charge in [0.25, 0.3) is 0 Å². The van der Waals surface area contributed by atoms with E-state index in [4.69, 9.17) is 0 Å². The molecule has 0 aromatic rings. The van der Waals surface area contributed by atoms with Gasteiger partial charge in [-0.25, -0.2) is 0 Å². The predicted octanol–water partition coefficient (Wildman–Crippen LogP) is 4.06. The van der Waals surface area contributed by atoms with Crippen molar-refractivity contribution in [2.24, 2.45) is 0 Å². The van der Waals surface area contributed by atoms with Crippen molar-refractivity contribution in [3.63, 3.8) is 0 Å². The van der Waals surface area contributed by atoms with Crippen LogP contribution in [0.5, 0.6) is 0 Å². The highest BCUT2D eigenvalue weighted by Crippen LogP contribution is 1.92. The minimum absolute atomic E-state index is 1.10. The van der Waals surface area contributed by atoms with Gasteiger partial charge in [0.15, 0.2) is 0 Å². The van der Waals surface area contributed by atoms with Gasteiger partial charge in [0, 0.05) is 0 Å². The van der Waals surface area contributed by atoms with E-state index in [1.165, 1.54) is 0 Å². The van der Waals surface area contributed by atoms with Crippen LogP contribution in [0.15, 0.2) is 23.6 Å². The molecule has 0 saturated heterocycles. The first kappa shape index (κ1) is 16.4. The molecule has 0 nitrogen and oxygen atoms in total. The Morgan fingerprint density at radius 3 is 1.50 bits per heavy atom. The molecule has 0 heterocycles. The van der Waals surface area contributed by atoms with Crippen LogP contribution in [0, 0.1) is 0 Å². The number of allylic oxidation sites excluding steroid dienone is 2. The summed E-state index contributed by atoms with van der Waals surface area (Å²) < 4.78 is 0. The van der Waals surface area contributed by atoms with Gasteiger partial charge in [-0.1, -0.05) is 40.3 Å². The molecule has 0 amide bonds. The van der Waals surface area contributed by atoms with E-state index in [1.54, 1.807) is 11.5 Å². The highest BCUT2D eigenvalue weighted by molar-refractivity contribution is 7.83. The molecule has 0 atom stereocenters. The Morgan fingerprint density at radius 2 is 1.50 bits per heavy atom. The molecule has 1 heteroatoms. The van der Waals surface area contributed by atoms with Gasteiger partial charge in [0.1, 0.15) is 0 Å². The zero-order valence-corrected chi connectivity index (χ0v) is 8.70. The smallest absolute Gasteiger partial charge is 0.0295 e. The molecule has 0 N–H and O–H groups in total. The second-order valence-electron chi connectivity index (χ2n) is 1.08. The van der Waals surface area contributed by atoms with Crippen molar-refractivity contribution < 1.29 is 0 Å². The van der Waals surface area contributed by atoms with E-state index in [1.807, 2.05) is 34.6 Å². The fourth-order valence-electron chi connectivity index (χ4n) is 0.0527. The topological polar surface area (TPSA) is 0 Å². The second-order valence-corrected chi connectivity index (χ2v) is 1.34. The summed E-state index contributed by atoms with van der Waals surface area (Å²) in [5.74, 6) is 0. The first-order valence-corrected chi connectivity index (χ1v) is 4.26. The van der Waals surface area contributed by atoms with Gasteiger partial charge in [-0.2, -0.15) is 12.6 Å². The van der Waals surface area contributed by atoms with Gasteiger partial charge in [0.05, 0.1) is 0 Å². The molecule has 0 unspecified atom stereocenters. The fourth-order valence-corrected chi connectivity index (χ4v) is 0.158. The Labute approximate surface area is 71.4 Å². The molecule has 0 aliphatic carbocycles. The van der Waals surface area contributed by atoms with Gasteiger partial charge >= 0.3 is 0 Å². The lowest BCUT2D eigenvalue weighted by molar-refractivity contribution is 1.50. The minimum Gasteiger partial charge on any atom is -0.151 e. The number of hydrogen-bond acceptors (Lipinski definition) is 1. The first-order chi connectivity index (χ1) is 4.81. The van der Waals surface area contributed by atoms with Crippen molar-refractivity contribution in [1.29, 1.82) is 0 Å². The van der Waals surface area contributed by atoms with Crippen LogP contribution >= 0.6 is 12.6 Å². The van der Waals surface area contributed by atoms with Crippen LogP contribution < -0.4 is 0 Å². The summed E-state index contributed by atoms with van der Waals surface area (Å²) in [6.07, 6.45) is 1.76. The van der Waals surface area contributed by atoms with Crippen LogP contribution in [0.25, 0.3) is 0 Å². The van der Waals surface area contributed by atoms with E-state index in [0.717, 1.165) is 5.57 Å². The first-order valence-electron chi connectivity index (χ1n) is 3.74. The van der Waals surface area contributed by atoms with E-state index < -0.39 is 0 Å². The van der Waals surface area contributed by atoms with E-state index in [9.17, 15) is 0 Å². The normalized spacial score (nSPS) is 8.00. The van der Waals surface area contributed by atoms with E-state index in [-0.39, 0.29) is 0 Å². The average molecular weight is 160 g/mol. The Hall–Kier alpha value is -0.170. The molecule has 0 saturated carbocycles. The SMILES string of the molecule is C=C/C(C)=C\S.CC.CC. The number of thiol groups is 1. The van der Waals surface area contributed by atoms with Gasteiger partial charge in [-0.05, 0) is 17.9 Å². The molecular weight excluding hydrogens is 140 g/mol. The summed E-state index contributed by atoms with van der Waals surface area (Å²) in [7, 11) is 0. The predicted molar refractivity (Wildman–Crippen MR) is 55.6 cm³/mol. The Morgan fingerprint density at radius 1 is 1.20 bits per heavy atom. The van der Waals surface area contributed by atoms with Crippen molar-refractivity contribution in [3.05, 3.63) is 23.6 Å². The van der Waals surface area contributed by atoms with Crippen LogP contribution in [0.2, 0.25) is 0 Å². The quantitative estimate of drug-likeness (QED) is 0.434. The third kappa shape index (κ3) is 24.9. The molecule has 10 heavy (non-hydrogen) atoms. The van der Waals surface area contributed by atoms with Crippen molar-refractivity contribution in [1.82, 2.24) is 0 Å². The van der Waals surface area contributed by atoms with Crippen LogP contribution in [0.4, 0.5) is 0 Å². The van der Waals surface area contributed by atoms with Gasteiger partial charge in [0.2, 0.25) is 0 Å². The molecule has 0 bridgehead atoms. The van der Waals surface area contributed by atoms with E-state index in [2.05, 4.69) is 19.2 Å². The van der Waals surface area contributed by atoms with Crippen molar-refractivity contribution in [2.45, 2.75) is 34.6 Å². The summed E-state index contributed by atoms with van der Waals surface area (Å²) in [5.41, 5.74) is 1.10. The fraction of sp³-hybridized carbons (Fsp3) is 0.556. The molecule has 0 aromatic heterocycles. The summed E-state index contributed by atoms with van der Waals surface area (Å²) in [5, 5.41) is 1.72. The largest absolute Gasteiger partial charge is 0.151 e. The highest BCUT2D eigenvalue weighted by atomic mass is 32.1. The van der Waals surface area contributed by atoms with Crippen LogP contribution in [-0.4, -0.2) is 0 Å². The highest BCUT2D eigenvalue weighted by Gasteiger charge is 1.67. The van der Waals surface area contributed by atoms with Crippen LogP contribution in [0.3, 0.4) is 0 Å². The minimum atomic E-state index is 1.10. The third-order valence-corrected chi connectivity index (χ3v) is 0.933. The van der Waals surface area contributed by atoms with Gasteiger partial charge < -0.3 is 0 Å². The van der Waals surface area contributed by atoms with E-state index in [0.29, 0.717) is 0 Å². The molecule has 0 aromatic carbocycles. The van der Waals surface area contributed by atoms with Gasteiger partial charge in [-0.3, -0.25) is 0 Å². The molecule has 62 valence electrons. The molecule has 0 aliphatic rings. The lowest BCUT2D eigenvalue weighted by Crippen LogP contribution is -1.55. The van der Waals surface area contributed by atoms with Crippen molar-refractivity contribution in [2.75, 3.05) is 0 Å². The summed E-state index contributed by atoms with van der Waals surface area (Å²) in [4.78, 5) is 0. The average Bonchev–Trinajstić information content (AvgIpc) is 2.10. The Balaban J connectivity index is -0.000000105. The monoisotopic (exact) mass is 160 g/mol. The molecule has 0 rings (SSSR count). The van der Waals surface area contributed by atoms with Crippen LogP contribution in [0.1, 0.15) is 34.6 Å². The molecule has 0 radical (unpaired) electrons. The maximum atomic E-state index is 3.86. The maximum Gasteiger partial charge on any atom is -0.0295 e. The lowest BCUT2D eigenvalue weighted by atomic mass is 10.4.